The molecule has 2 aromatic rings. The molecule has 0 bridgehead atoms. The third-order valence-electron chi connectivity index (χ3n) is 3.35. The fourth-order valence-corrected chi connectivity index (χ4v) is 2.13. The van der Waals surface area contributed by atoms with Gasteiger partial charge >= 0.3 is 0 Å². The van der Waals surface area contributed by atoms with Crippen LogP contribution < -0.4 is 14.8 Å². The molecule has 0 aliphatic carbocycles. The summed E-state index contributed by atoms with van der Waals surface area (Å²) < 4.78 is 12.5. The average molecular weight is 305 g/mol. The zero-order valence-corrected chi connectivity index (χ0v) is 13.4. The highest BCUT2D eigenvalue weighted by atomic mass is 32.1. The number of imidazole rings is 1. The second-order valence-corrected chi connectivity index (χ2v) is 5.46. The molecule has 0 radical (unpaired) electrons. The summed E-state index contributed by atoms with van der Waals surface area (Å²) in [5.74, 6) is 1.34. The molecule has 0 saturated carbocycles. The van der Waals surface area contributed by atoms with Crippen LogP contribution in [0.5, 0.6) is 11.5 Å². The quantitative estimate of drug-likeness (QED) is 0.860. The van der Waals surface area contributed by atoms with Crippen LogP contribution in [0.4, 0.5) is 5.69 Å². The topological polar surface area (TPSA) is 48.3 Å². The highest BCUT2D eigenvalue weighted by Crippen LogP contribution is 2.30. The number of hydrogen-bond acceptors (Lipinski definition) is 4. The van der Waals surface area contributed by atoms with Crippen LogP contribution in [0, 0.1) is 0 Å². The minimum Gasteiger partial charge on any atom is -0.493 e. The molecule has 0 fully saturated rings. The number of hydrogen-bond donors (Lipinski definition) is 1. The predicted molar refractivity (Wildman–Crippen MR) is 87.3 cm³/mol. The Morgan fingerprint density at radius 1 is 1.24 bits per heavy atom. The Bertz CT molecular complexity index is 624. The molecular formula is C15H19N3O2S. The van der Waals surface area contributed by atoms with Gasteiger partial charge in [-0.25, -0.2) is 4.98 Å². The van der Waals surface area contributed by atoms with Crippen LogP contribution in [-0.2, 0) is 5.54 Å². The van der Waals surface area contributed by atoms with E-state index in [4.69, 9.17) is 21.7 Å². The molecule has 5 nitrogen and oxygen atoms in total. The Morgan fingerprint density at radius 2 is 1.95 bits per heavy atom. The van der Waals surface area contributed by atoms with E-state index in [2.05, 4.69) is 10.3 Å². The van der Waals surface area contributed by atoms with E-state index in [1.165, 1.54) is 0 Å². The van der Waals surface area contributed by atoms with Crippen LogP contribution in [0.25, 0.3) is 0 Å². The highest BCUT2D eigenvalue weighted by Gasteiger charge is 2.25. The molecular weight excluding hydrogens is 286 g/mol. The Morgan fingerprint density at radius 3 is 2.52 bits per heavy atom. The van der Waals surface area contributed by atoms with E-state index >= 15 is 0 Å². The maximum absolute atomic E-state index is 5.53. The number of thiocarbonyl (C=S) groups is 1. The van der Waals surface area contributed by atoms with Gasteiger partial charge in [0, 0.05) is 24.1 Å². The molecule has 2 rings (SSSR count). The van der Waals surface area contributed by atoms with Crippen LogP contribution in [0.3, 0.4) is 0 Å². The number of nitrogens with zero attached hydrogens (tertiary/aromatic N) is 2. The van der Waals surface area contributed by atoms with E-state index in [1.807, 2.05) is 42.8 Å². The molecule has 1 aromatic heterocycles. The standard InChI is InChI=1S/C15H19N3O2S/c1-15(2,18-8-7-16-10-18)14(21)17-11-5-6-12(19-3)13(9-11)20-4/h5-10H,1-4H3,(H,17,21). The SMILES string of the molecule is COc1ccc(NC(=S)C(C)(C)n2ccnc2)cc1OC. The molecule has 1 aromatic carbocycles. The number of nitrogens with one attached hydrogen (secondary N) is 1. The molecule has 0 aliphatic rings. The Hall–Kier alpha value is -2.08. The van der Waals surface area contributed by atoms with Crippen LogP contribution in [0.2, 0.25) is 0 Å². The van der Waals surface area contributed by atoms with E-state index < -0.39 is 0 Å². The van der Waals surface area contributed by atoms with Gasteiger partial charge in [0.05, 0.1) is 26.1 Å². The van der Waals surface area contributed by atoms with Crippen LogP contribution in [0.15, 0.2) is 36.9 Å². The maximum Gasteiger partial charge on any atom is 0.162 e. The molecule has 21 heavy (non-hydrogen) atoms. The lowest BCUT2D eigenvalue weighted by Crippen LogP contribution is -2.38. The monoisotopic (exact) mass is 305 g/mol. The van der Waals surface area contributed by atoms with Crippen LogP contribution in [-0.4, -0.2) is 28.8 Å². The molecule has 6 heteroatoms. The summed E-state index contributed by atoms with van der Waals surface area (Å²) >= 11 is 5.53. The van der Waals surface area contributed by atoms with Gasteiger partial charge in [-0.1, -0.05) is 12.2 Å². The van der Waals surface area contributed by atoms with E-state index in [0.717, 1.165) is 5.69 Å². The average Bonchev–Trinajstić information content (AvgIpc) is 3.01. The van der Waals surface area contributed by atoms with Gasteiger partial charge in [-0.15, -0.1) is 0 Å². The lowest BCUT2D eigenvalue weighted by atomic mass is 10.1. The first-order valence-corrected chi connectivity index (χ1v) is 6.91. The van der Waals surface area contributed by atoms with Gasteiger partial charge in [0.15, 0.2) is 11.5 Å². The van der Waals surface area contributed by atoms with Crippen molar-refractivity contribution in [3.05, 3.63) is 36.9 Å². The van der Waals surface area contributed by atoms with Crippen molar-refractivity contribution in [1.29, 1.82) is 0 Å². The maximum atomic E-state index is 5.53. The predicted octanol–water partition coefficient (Wildman–Crippen LogP) is 3.07. The molecule has 112 valence electrons. The van der Waals surface area contributed by atoms with Crippen molar-refractivity contribution in [2.45, 2.75) is 19.4 Å². The zero-order chi connectivity index (χ0) is 15.5. The van der Waals surface area contributed by atoms with Crippen LogP contribution in [0.1, 0.15) is 13.8 Å². The second kappa shape index (κ2) is 6.13. The van der Waals surface area contributed by atoms with Crippen molar-refractivity contribution in [3.63, 3.8) is 0 Å². The molecule has 0 spiro atoms. The fourth-order valence-electron chi connectivity index (χ4n) is 1.91. The second-order valence-electron chi connectivity index (χ2n) is 5.05. The van der Waals surface area contributed by atoms with Gasteiger partial charge in [-0.2, -0.15) is 0 Å². The largest absolute Gasteiger partial charge is 0.493 e. The number of anilines is 1. The van der Waals surface area contributed by atoms with E-state index in [1.54, 1.807) is 26.7 Å². The molecule has 0 unspecified atom stereocenters. The summed E-state index contributed by atoms with van der Waals surface area (Å²) in [6.45, 7) is 4.07. The number of aromatic nitrogens is 2. The van der Waals surface area contributed by atoms with Crippen molar-refractivity contribution in [3.8, 4) is 11.5 Å². The summed E-state index contributed by atoms with van der Waals surface area (Å²) in [7, 11) is 3.22. The van der Waals surface area contributed by atoms with Crippen molar-refractivity contribution < 1.29 is 9.47 Å². The van der Waals surface area contributed by atoms with Gasteiger partial charge in [0.2, 0.25) is 0 Å². The smallest absolute Gasteiger partial charge is 0.162 e. The number of rotatable bonds is 5. The number of ether oxygens (including phenoxy) is 2. The lowest BCUT2D eigenvalue weighted by Gasteiger charge is -2.28. The first-order valence-electron chi connectivity index (χ1n) is 6.51. The highest BCUT2D eigenvalue weighted by molar-refractivity contribution is 7.80. The first-order chi connectivity index (χ1) is 9.98. The number of methoxy groups -OCH3 is 2. The Kier molecular flexibility index (Phi) is 4.47. The van der Waals surface area contributed by atoms with Gasteiger partial charge in [-0.3, -0.25) is 0 Å². The van der Waals surface area contributed by atoms with Gasteiger partial charge < -0.3 is 19.4 Å². The van der Waals surface area contributed by atoms with Crippen molar-refractivity contribution in [1.82, 2.24) is 9.55 Å². The van der Waals surface area contributed by atoms with Crippen molar-refractivity contribution >= 4 is 22.9 Å². The van der Waals surface area contributed by atoms with Gasteiger partial charge in [-0.05, 0) is 26.0 Å². The third-order valence-corrected chi connectivity index (χ3v) is 3.95. The first kappa shape index (κ1) is 15.3. The molecule has 0 saturated heterocycles. The lowest BCUT2D eigenvalue weighted by molar-refractivity contribution is 0.355. The molecule has 1 N–H and O–H groups in total. The molecule has 0 atom stereocenters. The fraction of sp³-hybridized carbons (Fsp3) is 0.333. The summed E-state index contributed by atoms with van der Waals surface area (Å²) in [5.41, 5.74) is 0.477. The summed E-state index contributed by atoms with van der Waals surface area (Å²) in [5, 5.41) is 3.24. The summed E-state index contributed by atoms with van der Waals surface area (Å²) in [4.78, 5) is 4.75. The van der Waals surface area contributed by atoms with Crippen molar-refractivity contribution in [2.24, 2.45) is 0 Å². The summed E-state index contributed by atoms with van der Waals surface area (Å²) in [6.07, 6.45) is 5.38. The van der Waals surface area contributed by atoms with E-state index in [9.17, 15) is 0 Å². The third kappa shape index (κ3) is 3.16. The zero-order valence-electron chi connectivity index (χ0n) is 12.6. The molecule has 0 amide bonds. The minimum absolute atomic E-state index is 0.376. The van der Waals surface area contributed by atoms with Gasteiger partial charge in [0.1, 0.15) is 4.99 Å². The Balaban J connectivity index is 2.20. The van der Waals surface area contributed by atoms with Crippen molar-refractivity contribution in [2.75, 3.05) is 19.5 Å². The van der Waals surface area contributed by atoms with E-state index in [-0.39, 0.29) is 5.54 Å². The molecule has 0 aliphatic heterocycles. The number of benzene rings is 1. The minimum atomic E-state index is -0.376. The Labute approximate surface area is 129 Å². The van der Waals surface area contributed by atoms with Crippen LogP contribution >= 0.6 is 12.2 Å². The normalized spacial score (nSPS) is 11.0. The van der Waals surface area contributed by atoms with Gasteiger partial charge in [0.25, 0.3) is 0 Å². The molecule has 1 heterocycles. The van der Waals surface area contributed by atoms with E-state index in [0.29, 0.717) is 16.5 Å². The summed E-state index contributed by atoms with van der Waals surface area (Å²) in [6, 6.07) is 5.60.